The number of para-hydroxylation sites is 1. The van der Waals surface area contributed by atoms with E-state index in [4.69, 9.17) is 0 Å². The van der Waals surface area contributed by atoms with E-state index >= 15 is 0 Å². The van der Waals surface area contributed by atoms with Crippen molar-refractivity contribution in [1.29, 1.82) is 0 Å². The summed E-state index contributed by atoms with van der Waals surface area (Å²) < 4.78 is 0. The van der Waals surface area contributed by atoms with Gasteiger partial charge in [0.15, 0.2) is 0 Å². The van der Waals surface area contributed by atoms with E-state index in [9.17, 15) is 5.11 Å². The molecule has 1 heterocycles. The largest absolute Gasteiger partial charge is 0.508 e. The summed E-state index contributed by atoms with van der Waals surface area (Å²) in [5, 5.41) is 13.7. The van der Waals surface area contributed by atoms with Crippen LogP contribution in [0.25, 0.3) is 0 Å². The Morgan fingerprint density at radius 1 is 1.25 bits per heavy atom. The molecule has 1 aliphatic heterocycles. The summed E-state index contributed by atoms with van der Waals surface area (Å²) in [6.07, 6.45) is 5.94. The number of aromatic hydroxyl groups is 1. The molecule has 16 heavy (non-hydrogen) atoms. The maximum Gasteiger partial charge on any atom is 0.120 e. The fourth-order valence-electron chi connectivity index (χ4n) is 2.75. The number of rotatable bonds is 2. The SMILES string of the molecule is CCC1(c2ccccc2O)CCCCCN1. The fourth-order valence-corrected chi connectivity index (χ4v) is 2.75. The van der Waals surface area contributed by atoms with Gasteiger partial charge in [0.05, 0.1) is 0 Å². The van der Waals surface area contributed by atoms with E-state index in [2.05, 4.69) is 18.3 Å². The molecule has 0 aliphatic carbocycles. The fraction of sp³-hybridized carbons (Fsp3) is 0.571. The molecule has 2 nitrogen and oxygen atoms in total. The number of phenols is 1. The summed E-state index contributed by atoms with van der Waals surface area (Å²) in [5.41, 5.74) is 1.06. The predicted octanol–water partition coefficient (Wildman–Crippen LogP) is 3.16. The number of phenolic OH excluding ortho intramolecular Hbond substituents is 1. The Labute approximate surface area is 97.7 Å². The Kier molecular flexibility index (Phi) is 3.49. The molecule has 1 saturated heterocycles. The molecule has 2 heteroatoms. The lowest BCUT2D eigenvalue weighted by Gasteiger charge is -2.34. The lowest BCUT2D eigenvalue weighted by molar-refractivity contribution is 0.299. The molecule has 2 rings (SSSR count). The predicted molar refractivity (Wildman–Crippen MR) is 66.5 cm³/mol. The minimum absolute atomic E-state index is 0.0121. The van der Waals surface area contributed by atoms with Crippen LogP contribution in [0.2, 0.25) is 0 Å². The molecular formula is C14H21NO. The summed E-state index contributed by atoms with van der Waals surface area (Å²) in [7, 11) is 0. The van der Waals surface area contributed by atoms with Crippen molar-refractivity contribution in [2.24, 2.45) is 0 Å². The summed E-state index contributed by atoms with van der Waals surface area (Å²) >= 11 is 0. The third-order valence-corrected chi connectivity index (χ3v) is 3.77. The zero-order valence-corrected chi connectivity index (χ0v) is 10.00. The van der Waals surface area contributed by atoms with E-state index < -0.39 is 0 Å². The molecule has 0 aromatic heterocycles. The highest BCUT2D eigenvalue weighted by atomic mass is 16.3. The van der Waals surface area contributed by atoms with Crippen molar-refractivity contribution < 1.29 is 5.11 Å². The normalized spacial score (nSPS) is 26.3. The standard InChI is InChI=1S/C14H21NO/c1-2-14(10-6-3-7-11-15-14)12-8-4-5-9-13(12)16/h4-5,8-9,15-16H,2-3,6-7,10-11H2,1H3. The molecule has 0 bridgehead atoms. The number of nitrogens with one attached hydrogen (secondary N) is 1. The van der Waals surface area contributed by atoms with Gasteiger partial charge in [0.2, 0.25) is 0 Å². The first-order chi connectivity index (χ1) is 7.78. The third-order valence-electron chi connectivity index (χ3n) is 3.77. The van der Waals surface area contributed by atoms with Crippen molar-refractivity contribution in [2.75, 3.05) is 6.54 Å². The van der Waals surface area contributed by atoms with Gasteiger partial charge in [-0.1, -0.05) is 38.0 Å². The van der Waals surface area contributed by atoms with Crippen LogP contribution in [0.1, 0.15) is 44.6 Å². The first kappa shape index (κ1) is 11.5. The Bertz CT molecular complexity index is 340. The maximum atomic E-state index is 10.0. The summed E-state index contributed by atoms with van der Waals surface area (Å²) in [4.78, 5) is 0. The Balaban J connectivity index is 2.36. The van der Waals surface area contributed by atoms with Crippen LogP contribution in [0.15, 0.2) is 24.3 Å². The van der Waals surface area contributed by atoms with Crippen LogP contribution in [0.5, 0.6) is 5.75 Å². The van der Waals surface area contributed by atoms with Gasteiger partial charge in [-0.15, -0.1) is 0 Å². The van der Waals surface area contributed by atoms with Gasteiger partial charge in [-0.2, -0.15) is 0 Å². The van der Waals surface area contributed by atoms with Crippen molar-refractivity contribution in [3.05, 3.63) is 29.8 Å². The number of hydrogen-bond donors (Lipinski definition) is 2. The molecule has 88 valence electrons. The van der Waals surface area contributed by atoms with E-state index in [0.29, 0.717) is 5.75 Å². The van der Waals surface area contributed by atoms with Crippen LogP contribution >= 0.6 is 0 Å². The van der Waals surface area contributed by atoms with Gasteiger partial charge in [0.1, 0.15) is 5.75 Å². The van der Waals surface area contributed by atoms with Gasteiger partial charge in [0, 0.05) is 11.1 Å². The molecule has 1 aromatic rings. The van der Waals surface area contributed by atoms with E-state index in [0.717, 1.165) is 24.9 Å². The minimum atomic E-state index is -0.0121. The molecular weight excluding hydrogens is 198 g/mol. The zero-order valence-electron chi connectivity index (χ0n) is 10.00. The highest BCUT2D eigenvalue weighted by molar-refractivity contribution is 5.38. The van der Waals surface area contributed by atoms with Crippen molar-refractivity contribution in [1.82, 2.24) is 5.32 Å². The monoisotopic (exact) mass is 219 g/mol. The second-order valence-corrected chi connectivity index (χ2v) is 4.69. The van der Waals surface area contributed by atoms with Crippen LogP contribution < -0.4 is 5.32 Å². The molecule has 1 fully saturated rings. The summed E-state index contributed by atoms with van der Waals surface area (Å²) in [6.45, 7) is 3.26. The molecule has 0 radical (unpaired) electrons. The van der Waals surface area contributed by atoms with Gasteiger partial charge >= 0.3 is 0 Å². The van der Waals surface area contributed by atoms with Crippen LogP contribution in [0, 0.1) is 0 Å². The topological polar surface area (TPSA) is 32.3 Å². The van der Waals surface area contributed by atoms with Gasteiger partial charge < -0.3 is 10.4 Å². The highest BCUT2D eigenvalue weighted by Gasteiger charge is 2.32. The van der Waals surface area contributed by atoms with Crippen molar-refractivity contribution in [3.8, 4) is 5.75 Å². The lowest BCUT2D eigenvalue weighted by Crippen LogP contribution is -2.41. The smallest absolute Gasteiger partial charge is 0.120 e. The Hall–Kier alpha value is -1.02. The average Bonchev–Trinajstić information content (AvgIpc) is 2.56. The number of benzene rings is 1. The summed E-state index contributed by atoms with van der Waals surface area (Å²) in [5.74, 6) is 0.429. The maximum absolute atomic E-state index is 10.0. The van der Waals surface area contributed by atoms with Gasteiger partial charge in [-0.05, 0) is 31.9 Å². The van der Waals surface area contributed by atoms with Crippen LogP contribution in [0.4, 0.5) is 0 Å². The Morgan fingerprint density at radius 3 is 2.81 bits per heavy atom. The average molecular weight is 219 g/mol. The quantitative estimate of drug-likeness (QED) is 0.800. The van der Waals surface area contributed by atoms with Crippen molar-refractivity contribution in [2.45, 2.75) is 44.6 Å². The van der Waals surface area contributed by atoms with Crippen molar-refractivity contribution >= 4 is 0 Å². The minimum Gasteiger partial charge on any atom is -0.508 e. The van der Waals surface area contributed by atoms with Crippen LogP contribution in [-0.2, 0) is 5.54 Å². The molecule has 1 aliphatic rings. The highest BCUT2D eigenvalue weighted by Crippen LogP contribution is 2.37. The van der Waals surface area contributed by atoms with E-state index in [1.165, 1.54) is 19.3 Å². The van der Waals surface area contributed by atoms with E-state index in [1.807, 2.05) is 12.1 Å². The van der Waals surface area contributed by atoms with Crippen LogP contribution in [0.3, 0.4) is 0 Å². The van der Waals surface area contributed by atoms with E-state index in [1.54, 1.807) is 6.07 Å². The van der Waals surface area contributed by atoms with E-state index in [-0.39, 0.29) is 5.54 Å². The molecule has 1 atom stereocenters. The molecule has 1 unspecified atom stereocenters. The van der Waals surface area contributed by atoms with Gasteiger partial charge in [-0.3, -0.25) is 0 Å². The molecule has 2 N–H and O–H groups in total. The Morgan fingerprint density at radius 2 is 2.06 bits per heavy atom. The zero-order chi connectivity index (χ0) is 11.4. The van der Waals surface area contributed by atoms with Gasteiger partial charge in [-0.25, -0.2) is 0 Å². The molecule has 0 saturated carbocycles. The van der Waals surface area contributed by atoms with Gasteiger partial charge in [0.25, 0.3) is 0 Å². The molecule has 1 aromatic carbocycles. The first-order valence-electron chi connectivity index (χ1n) is 6.32. The van der Waals surface area contributed by atoms with Crippen molar-refractivity contribution in [3.63, 3.8) is 0 Å². The summed E-state index contributed by atoms with van der Waals surface area (Å²) in [6, 6.07) is 7.74. The molecule has 0 spiro atoms. The van der Waals surface area contributed by atoms with Crippen LogP contribution in [-0.4, -0.2) is 11.7 Å². The second-order valence-electron chi connectivity index (χ2n) is 4.69. The first-order valence-corrected chi connectivity index (χ1v) is 6.32. The molecule has 0 amide bonds. The second kappa shape index (κ2) is 4.88. The number of hydrogen-bond acceptors (Lipinski definition) is 2. The lowest BCUT2D eigenvalue weighted by atomic mass is 9.83. The third kappa shape index (κ3) is 2.07.